The first-order chi connectivity index (χ1) is 6.02. The topological polar surface area (TPSA) is 12.0 Å². The van der Waals surface area contributed by atoms with Crippen LogP contribution in [0.2, 0.25) is 0 Å². The molecule has 1 nitrogen and oxygen atoms in total. The van der Waals surface area contributed by atoms with E-state index in [0.29, 0.717) is 5.92 Å². The second-order valence-electron chi connectivity index (χ2n) is 4.27. The zero-order valence-corrected chi connectivity index (χ0v) is 9.77. The fourth-order valence-corrected chi connectivity index (χ4v) is 2.33. The summed E-state index contributed by atoms with van der Waals surface area (Å²) in [5.74, 6) is 0.569. The molecule has 0 fully saturated rings. The number of fused-ring (bicyclic) bond motifs is 1. The Balaban J connectivity index is 2.56. The van der Waals surface area contributed by atoms with Crippen LogP contribution in [0.3, 0.4) is 0 Å². The Kier molecular flexibility index (Phi) is 1.91. The van der Waals surface area contributed by atoms with Gasteiger partial charge in [0.15, 0.2) is 0 Å². The van der Waals surface area contributed by atoms with E-state index >= 15 is 0 Å². The third kappa shape index (κ3) is 1.28. The lowest BCUT2D eigenvalue weighted by Gasteiger charge is -2.24. The van der Waals surface area contributed by atoms with Crippen LogP contribution in [0, 0.1) is 0 Å². The van der Waals surface area contributed by atoms with Crippen LogP contribution in [-0.4, -0.2) is 5.54 Å². The molecule has 70 valence electrons. The Morgan fingerprint density at radius 1 is 1.38 bits per heavy atom. The van der Waals surface area contributed by atoms with Gasteiger partial charge in [-0.25, -0.2) is 0 Å². The first-order valence-electron chi connectivity index (χ1n) is 4.59. The minimum atomic E-state index is 0.173. The van der Waals surface area contributed by atoms with E-state index in [0.717, 1.165) is 0 Å². The van der Waals surface area contributed by atoms with Gasteiger partial charge in [0, 0.05) is 15.9 Å². The molecule has 1 aromatic rings. The molecular weight excluding hydrogens is 226 g/mol. The van der Waals surface area contributed by atoms with Gasteiger partial charge in [-0.1, -0.05) is 19.1 Å². The molecule has 0 saturated carbocycles. The summed E-state index contributed by atoms with van der Waals surface area (Å²) in [5, 5.41) is 3.54. The van der Waals surface area contributed by atoms with E-state index in [1.165, 1.54) is 15.7 Å². The van der Waals surface area contributed by atoms with Crippen molar-refractivity contribution in [1.82, 2.24) is 0 Å². The molecule has 1 aromatic carbocycles. The van der Waals surface area contributed by atoms with Gasteiger partial charge in [-0.2, -0.15) is 0 Å². The number of para-hydroxylation sites is 1. The zero-order chi connectivity index (χ0) is 9.64. The van der Waals surface area contributed by atoms with Crippen LogP contribution in [0.4, 0.5) is 5.69 Å². The second kappa shape index (κ2) is 2.74. The lowest BCUT2D eigenvalue weighted by molar-refractivity contribution is 0.503. The average Bonchev–Trinajstić information content (AvgIpc) is 2.28. The second-order valence-corrected chi connectivity index (χ2v) is 5.13. The van der Waals surface area contributed by atoms with Crippen molar-refractivity contribution < 1.29 is 0 Å². The molecule has 1 N–H and O–H groups in total. The van der Waals surface area contributed by atoms with Gasteiger partial charge in [0.25, 0.3) is 0 Å². The van der Waals surface area contributed by atoms with Gasteiger partial charge >= 0.3 is 0 Å². The molecule has 1 aliphatic rings. The molecule has 13 heavy (non-hydrogen) atoms. The summed E-state index contributed by atoms with van der Waals surface area (Å²) >= 11 is 3.56. The van der Waals surface area contributed by atoms with Gasteiger partial charge in [-0.15, -0.1) is 0 Å². The molecular formula is C11H14BrN. The van der Waals surface area contributed by atoms with E-state index in [4.69, 9.17) is 0 Å². The normalized spacial score (nSPS) is 23.8. The summed E-state index contributed by atoms with van der Waals surface area (Å²) in [4.78, 5) is 0. The molecule has 1 atom stereocenters. The largest absolute Gasteiger partial charge is 0.378 e. The van der Waals surface area contributed by atoms with Crippen molar-refractivity contribution in [2.24, 2.45) is 0 Å². The highest BCUT2D eigenvalue weighted by Gasteiger charge is 2.35. The predicted molar refractivity (Wildman–Crippen MR) is 60.3 cm³/mol. The summed E-state index contributed by atoms with van der Waals surface area (Å²) in [6.45, 7) is 6.75. The van der Waals surface area contributed by atoms with Crippen molar-refractivity contribution in [3.63, 3.8) is 0 Å². The van der Waals surface area contributed by atoms with Crippen molar-refractivity contribution >= 4 is 21.6 Å². The molecule has 2 rings (SSSR count). The van der Waals surface area contributed by atoms with Gasteiger partial charge in [0.1, 0.15) is 0 Å². The fraction of sp³-hybridized carbons (Fsp3) is 0.455. The fourth-order valence-electron chi connectivity index (χ4n) is 1.85. The summed E-state index contributed by atoms with van der Waals surface area (Å²) in [6.07, 6.45) is 0. The molecule has 0 radical (unpaired) electrons. The van der Waals surface area contributed by atoms with Crippen molar-refractivity contribution in [1.29, 1.82) is 0 Å². The van der Waals surface area contributed by atoms with Gasteiger partial charge < -0.3 is 5.32 Å². The summed E-state index contributed by atoms with van der Waals surface area (Å²) < 4.78 is 1.17. The number of benzene rings is 1. The van der Waals surface area contributed by atoms with Crippen LogP contribution in [0.5, 0.6) is 0 Å². The van der Waals surface area contributed by atoms with Crippen molar-refractivity contribution in [2.75, 3.05) is 5.32 Å². The average molecular weight is 240 g/mol. The third-order valence-electron chi connectivity index (χ3n) is 3.04. The number of rotatable bonds is 0. The van der Waals surface area contributed by atoms with Gasteiger partial charge in [0.2, 0.25) is 0 Å². The first kappa shape index (κ1) is 9.07. The monoisotopic (exact) mass is 239 g/mol. The Hall–Kier alpha value is -0.500. The molecule has 0 spiro atoms. The SMILES string of the molecule is CC1c2cccc(Br)c2NC1(C)C. The first-order valence-corrected chi connectivity index (χ1v) is 5.38. The van der Waals surface area contributed by atoms with E-state index in [1.54, 1.807) is 0 Å². The number of anilines is 1. The Labute approximate surface area is 87.7 Å². The minimum absolute atomic E-state index is 0.173. The van der Waals surface area contributed by atoms with E-state index < -0.39 is 0 Å². The van der Waals surface area contributed by atoms with Crippen LogP contribution < -0.4 is 5.32 Å². The molecule has 0 aromatic heterocycles. The van der Waals surface area contributed by atoms with Crippen molar-refractivity contribution in [3.05, 3.63) is 28.2 Å². The van der Waals surface area contributed by atoms with E-state index in [-0.39, 0.29) is 5.54 Å². The molecule has 1 heterocycles. The Morgan fingerprint density at radius 2 is 2.08 bits per heavy atom. The Bertz CT molecular complexity index is 344. The Morgan fingerprint density at radius 3 is 2.69 bits per heavy atom. The van der Waals surface area contributed by atoms with Gasteiger partial charge in [0.05, 0.1) is 5.69 Å². The predicted octanol–water partition coefficient (Wildman–Crippen LogP) is 3.76. The zero-order valence-electron chi connectivity index (χ0n) is 8.19. The van der Waals surface area contributed by atoms with Crippen molar-refractivity contribution in [2.45, 2.75) is 32.2 Å². The third-order valence-corrected chi connectivity index (χ3v) is 3.70. The number of hydrogen-bond donors (Lipinski definition) is 1. The van der Waals surface area contributed by atoms with Crippen LogP contribution in [0.25, 0.3) is 0 Å². The van der Waals surface area contributed by atoms with Crippen molar-refractivity contribution in [3.8, 4) is 0 Å². The lowest BCUT2D eigenvalue weighted by atomic mass is 9.88. The van der Waals surface area contributed by atoms with Crippen LogP contribution in [-0.2, 0) is 0 Å². The number of halogens is 1. The quantitative estimate of drug-likeness (QED) is 0.728. The highest BCUT2D eigenvalue weighted by Crippen LogP contribution is 2.45. The highest BCUT2D eigenvalue weighted by atomic mass is 79.9. The molecule has 0 bridgehead atoms. The standard InChI is InChI=1S/C11H14BrN/c1-7-8-5-4-6-9(12)10(8)13-11(7,2)3/h4-7,13H,1-3H3. The maximum Gasteiger partial charge on any atom is 0.0525 e. The van der Waals surface area contributed by atoms with Crippen LogP contribution in [0.15, 0.2) is 22.7 Å². The summed E-state index contributed by atoms with van der Waals surface area (Å²) in [7, 11) is 0. The maximum atomic E-state index is 3.56. The maximum absolute atomic E-state index is 3.56. The molecule has 2 heteroatoms. The summed E-state index contributed by atoms with van der Waals surface area (Å²) in [6, 6.07) is 6.38. The molecule has 0 amide bonds. The smallest absolute Gasteiger partial charge is 0.0525 e. The van der Waals surface area contributed by atoms with E-state index in [1.807, 2.05) is 0 Å². The highest BCUT2D eigenvalue weighted by molar-refractivity contribution is 9.10. The van der Waals surface area contributed by atoms with Gasteiger partial charge in [-0.05, 0) is 41.4 Å². The number of hydrogen-bond acceptors (Lipinski definition) is 1. The van der Waals surface area contributed by atoms with Crippen LogP contribution in [0.1, 0.15) is 32.3 Å². The van der Waals surface area contributed by atoms with Crippen LogP contribution >= 0.6 is 15.9 Å². The van der Waals surface area contributed by atoms with Gasteiger partial charge in [-0.3, -0.25) is 0 Å². The molecule has 1 unspecified atom stereocenters. The summed E-state index contributed by atoms with van der Waals surface area (Å²) in [5.41, 5.74) is 2.85. The molecule has 0 saturated heterocycles. The molecule has 1 aliphatic heterocycles. The lowest BCUT2D eigenvalue weighted by Crippen LogP contribution is -2.30. The minimum Gasteiger partial charge on any atom is -0.378 e. The number of nitrogens with one attached hydrogen (secondary N) is 1. The molecule has 0 aliphatic carbocycles. The van der Waals surface area contributed by atoms with E-state index in [2.05, 4.69) is 60.2 Å². The van der Waals surface area contributed by atoms with E-state index in [9.17, 15) is 0 Å².